The van der Waals surface area contributed by atoms with E-state index in [1.807, 2.05) is 6.07 Å². The fraction of sp³-hybridized carbons (Fsp3) is 0.273. The van der Waals surface area contributed by atoms with Crippen molar-refractivity contribution >= 4 is 17.4 Å². The summed E-state index contributed by atoms with van der Waals surface area (Å²) in [6.07, 6.45) is 0.251. The molecule has 0 aliphatic rings. The molecule has 0 aliphatic heterocycles. The minimum atomic E-state index is -0.249. The number of Topliss-reactive ketones (excluding diaryl/α,β-unsaturated/α-hetero) is 1. The van der Waals surface area contributed by atoms with Gasteiger partial charge < -0.3 is 0 Å². The first-order chi connectivity index (χ1) is 6.65. The molecule has 0 heterocycles. The molecule has 72 valence electrons. The molecule has 1 rings (SSSR count). The number of nitrogens with zero attached hydrogens (tertiary/aromatic N) is 1. The molecule has 2 nitrogen and oxygen atoms in total. The first-order valence-corrected chi connectivity index (χ1v) is 4.69. The van der Waals surface area contributed by atoms with E-state index in [1.54, 1.807) is 31.2 Å². The van der Waals surface area contributed by atoms with Crippen molar-refractivity contribution in [2.45, 2.75) is 13.3 Å². The molecule has 0 N–H and O–H groups in total. The SMILES string of the molecule is C[C@H](CC#N)C(=O)c1ccc(Cl)cc1. The van der Waals surface area contributed by atoms with Crippen LogP contribution in [0.1, 0.15) is 23.7 Å². The average Bonchev–Trinajstić information content (AvgIpc) is 2.18. The number of ketones is 1. The molecular formula is C11H10ClNO. The van der Waals surface area contributed by atoms with Gasteiger partial charge in [0.1, 0.15) is 0 Å². The zero-order valence-corrected chi connectivity index (χ0v) is 8.58. The number of carbonyl (C=O) groups is 1. The molecule has 0 spiro atoms. The van der Waals surface area contributed by atoms with Crippen LogP contribution in [0.15, 0.2) is 24.3 Å². The van der Waals surface area contributed by atoms with Gasteiger partial charge in [-0.1, -0.05) is 18.5 Å². The van der Waals surface area contributed by atoms with Gasteiger partial charge in [-0.2, -0.15) is 5.26 Å². The summed E-state index contributed by atoms with van der Waals surface area (Å²) in [7, 11) is 0. The van der Waals surface area contributed by atoms with Crippen LogP contribution >= 0.6 is 11.6 Å². The van der Waals surface area contributed by atoms with E-state index in [0.717, 1.165) is 0 Å². The van der Waals surface area contributed by atoms with E-state index in [4.69, 9.17) is 16.9 Å². The summed E-state index contributed by atoms with van der Waals surface area (Å²) >= 11 is 5.69. The van der Waals surface area contributed by atoms with Crippen molar-refractivity contribution in [1.29, 1.82) is 5.26 Å². The topological polar surface area (TPSA) is 40.9 Å². The van der Waals surface area contributed by atoms with Crippen LogP contribution in [0.5, 0.6) is 0 Å². The molecule has 0 bridgehead atoms. The minimum absolute atomic E-state index is 0.0109. The van der Waals surface area contributed by atoms with Crippen LogP contribution in [0.25, 0.3) is 0 Å². The zero-order valence-electron chi connectivity index (χ0n) is 7.83. The van der Waals surface area contributed by atoms with Crippen molar-refractivity contribution in [1.82, 2.24) is 0 Å². The first kappa shape index (κ1) is 10.7. The lowest BCUT2D eigenvalue weighted by molar-refractivity contribution is 0.0932. The molecule has 1 atom stereocenters. The Morgan fingerprint density at radius 3 is 2.57 bits per heavy atom. The highest BCUT2D eigenvalue weighted by Gasteiger charge is 2.14. The van der Waals surface area contributed by atoms with Gasteiger partial charge in [0.15, 0.2) is 5.78 Å². The molecule has 1 aromatic carbocycles. The quantitative estimate of drug-likeness (QED) is 0.715. The van der Waals surface area contributed by atoms with Crippen LogP contribution < -0.4 is 0 Å². The molecule has 0 saturated carbocycles. The standard InChI is InChI=1S/C11H10ClNO/c1-8(6-7-13)11(14)9-2-4-10(12)5-3-9/h2-5,8H,6H2,1H3/t8-/m1/s1. The second kappa shape index (κ2) is 4.78. The molecule has 0 amide bonds. The lowest BCUT2D eigenvalue weighted by Gasteiger charge is -2.05. The Kier molecular flexibility index (Phi) is 3.67. The second-order valence-electron chi connectivity index (χ2n) is 3.13. The van der Waals surface area contributed by atoms with E-state index in [-0.39, 0.29) is 18.1 Å². The van der Waals surface area contributed by atoms with Crippen LogP contribution in [-0.2, 0) is 0 Å². The summed E-state index contributed by atoms with van der Waals surface area (Å²) in [5.74, 6) is -0.260. The van der Waals surface area contributed by atoms with E-state index >= 15 is 0 Å². The summed E-state index contributed by atoms with van der Waals surface area (Å²) < 4.78 is 0. The molecule has 0 aliphatic carbocycles. The van der Waals surface area contributed by atoms with Crippen molar-refractivity contribution in [3.05, 3.63) is 34.9 Å². The highest BCUT2D eigenvalue weighted by molar-refractivity contribution is 6.30. The number of carbonyl (C=O) groups excluding carboxylic acids is 1. The predicted octanol–water partition coefficient (Wildman–Crippen LogP) is 3.07. The van der Waals surface area contributed by atoms with E-state index in [1.165, 1.54) is 0 Å². The fourth-order valence-electron chi connectivity index (χ4n) is 1.13. The number of rotatable bonds is 3. The van der Waals surface area contributed by atoms with Crippen LogP contribution in [0.3, 0.4) is 0 Å². The van der Waals surface area contributed by atoms with Crippen molar-refractivity contribution in [2.24, 2.45) is 5.92 Å². The summed E-state index contributed by atoms with van der Waals surface area (Å²) in [5, 5.41) is 9.06. The highest BCUT2D eigenvalue weighted by atomic mass is 35.5. The molecule has 0 unspecified atom stereocenters. The van der Waals surface area contributed by atoms with E-state index in [2.05, 4.69) is 0 Å². The third-order valence-corrected chi connectivity index (χ3v) is 2.23. The highest BCUT2D eigenvalue weighted by Crippen LogP contribution is 2.14. The Labute approximate surface area is 88.1 Å². The van der Waals surface area contributed by atoms with Gasteiger partial charge in [0, 0.05) is 22.9 Å². The molecular weight excluding hydrogens is 198 g/mol. The van der Waals surface area contributed by atoms with Crippen molar-refractivity contribution in [3.8, 4) is 6.07 Å². The van der Waals surface area contributed by atoms with Gasteiger partial charge >= 0.3 is 0 Å². The molecule has 0 radical (unpaired) electrons. The van der Waals surface area contributed by atoms with Gasteiger partial charge in [-0.3, -0.25) is 4.79 Å². The second-order valence-corrected chi connectivity index (χ2v) is 3.57. The van der Waals surface area contributed by atoms with E-state index in [9.17, 15) is 4.79 Å². The number of nitriles is 1. The monoisotopic (exact) mass is 207 g/mol. The van der Waals surface area contributed by atoms with Crippen LogP contribution in [0.4, 0.5) is 0 Å². The Balaban J connectivity index is 2.80. The Morgan fingerprint density at radius 2 is 2.07 bits per heavy atom. The predicted molar refractivity (Wildman–Crippen MR) is 55.2 cm³/mol. The normalized spacial score (nSPS) is 11.8. The number of hydrogen-bond acceptors (Lipinski definition) is 2. The van der Waals surface area contributed by atoms with Gasteiger partial charge in [-0.15, -0.1) is 0 Å². The van der Waals surface area contributed by atoms with Gasteiger partial charge in [0.2, 0.25) is 0 Å². The molecule has 3 heteroatoms. The average molecular weight is 208 g/mol. The summed E-state index contributed by atoms with van der Waals surface area (Å²) in [4.78, 5) is 11.7. The van der Waals surface area contributed by atoms with E-state index in [0.29, 0.717) is 10.6 Å². The van der Waals surface area contributed by atoms with Gasteiger partial charge in [-0.25, -0.2) is 0 Å². The van der Waals surface area contributed by atoms with Crippen LogP contribution in [-0.4, -0.2) is 5.78 Å². The Morgan fingerprint density at radius 1 is 1.50 bits per heavy atom. The molecule has 1 aromatic rings. The van der Waals surface area contributed by atoms with Crippen molar-refractivity contribution < 1.29 is 4.79 Å². The van der Waals surface area contributed by atoms with Crippen molar-refractivity contribution in [2.75, 3.05) is 0 Å². The summed E-state index contributed by atoms with van der Waals surface area (Å²) in [6, 6.07) is 8.69. The van der Waals surface area contributed by atoms with Gasteiger partial charge in [0.25, 0.3) is 0 Å². The fourth-order valence-corrected chi connectivity index (χ4v) is 1.25. The number of benzene rings is 1. The third kappa shape index (κ3) is 2.58. The summed E-state index contributed by atoms with van der Waals surface area (Å²) in [6.45, 7) is 1.75. The van der Waals surface area contributed by atoms with Gasteiger partial charge in [0.05, 0.1) is 6.07 Å². The smallest absolute Gasteiger partial charge is 0.166 e. The maximum atomic E-state index is 11.7. The molecule has 0 saturated heterocycles. The van der Waals surface area contributed by atoms with Crippen LogP contribution in [0.2, 0.25) is 5.02 Å². The van der Waals surface area contributed by atoms with Crippen molar-refractivity contribution in [3.63, 3.8) is 0 Å². The maximum Gasteiger partial charge on any atom is 0.166 e. The zero-order chi connectivity index (χ0) is 10.6. The lowest BCUT2D eigenvalue weighted by Crippen LogP contribution is -2.10. The van der Waals surface area contributed by atoms with Gasteiger partial charge in [-0.05, 0) is 24.3 Å². The Bertz CT molecular complexity index is 364. The number of hydrogen-bond donors (Lipinski definition) is 0. The molecule has 14 heavy (non-hydrogen) atoms. The molecule has 0 fully saturated rings. The van der Waals surface area contributed by atoms with E-state index < -0.39 is 0 Å². The first-order valence-electron chi connectivity index (χ1n) is 4.32. The maximum absolute atomic E-state index is 11.7. The number of halogens is 1. The minimum Gasteiger partial charge on any atom is -0.294 e. The lowest BCUT2D eigenvalue weighted by atomic mass is 9.97. The Hall–Kier alpha value is -1.33. The van der Waals surface area contributed by atoms with Crippen LogP contribution in [0, 0.1) is 17.2 Å². The largest absolute Gasteiger partial charge is 0.294 e. The third-order valence-electron chi connectivity index (χ3n) is 1.97. The molecule has 0 aromatic heterocycles. The summed E-state index contributed by atoms with van der Waals surface area (Å²) in [5.41, 5.74) is 0.608.